The Balaban J connectivity index is 1.39. The summed E-state index contributed by atoms with van der Waals surface area (Å²) in [6, 6.07) is 11.7. The van der Waals surface area contributed by atoms with E-state index in [4.69, 9.17) is 10.5 Å². The Morgan fingerprint density at radius 2 is 1.85 bits per heavy atom. The van der Waals surface area contributed by atoms with E-state index in [2.05, 4.69) is 16.7 Å². The SMILES string of the molecule is COc1cccc2c1CCCC2NC(=O)C1CC(NC(=O)c2cccc(C(N)=O)c2)CN1C. The van der Waals surface area contributed by atoms with Gasteiger partial charge < -0.3 is 21.1 Å². The molecule has 3 atom stereocenters. The molecule has 0 aromatic heterocycles. The predicted molar refractivity (Wildman–Crippen MR) is 124 cm³/mol. The van der Waals surface area contributed by atoms with Crippen LogP contribution in [0.2, 0.25) is 0 Å². The maximum atomic E-state index is 13.2. The molecule has 8 nitrogen and oxygen atoms in total. The maximum Gasteiger partial charge on any atom is 0.251 e. The molecule has 1 saturated heterocycles. The largest absolute Gasteiger partial charge is 0.496 e. The van der Waals surface area contributed by atoms with Crippen molar-refractivity contribution in [3.8, 4) is 5.75 Å². The van der Waals surface area contributed by atoms with E-state index in [1.807, 2.05) is 24.1 Å². The number of ether oxygens (including phenoxy) is 1. The fraction of sp³-hybridized carbons (Fsp3) is 0.400. The molecule has 4 rings (SSSR count). The number of rotatable bonds is 6. The van der Waals surface area contributed by atoms with Crippen molar-refractivity contribution in [2.45, 2.75) is 43.8 Å². The number of nitrogens with one attached hydrogen (secondary N) is 2. The van der Waals surface area contributed by atoms with Gasteiger partial charge in [-0.15, -0.1) is 0 Å². The van der Waals surface area contributed by atoms with Crippen LogP contribution in [0.5, 0.6) is 5.75 Å². The number of carbonyl (C=O) groups excluding carboxylic acids is 3. The Kier molecular flexibility index (Phi) is 6.65. The first-order valence-corrected chi connectivity index (χ1v) is 11.2. The lowest BCUT2D eigenvalue weighted by Crippen LogP contribution is -2.43. The Labute approximate surface area is 193 Å². The van der Waals surface area contributed by atoms with Gasteiger partial charge in [0.15, 0.2) is 0 Å². The molecule has 3 unspecified atom stereocenters. The smallest absolute Gasteiger partial charge is 0.251 e. The van der Waals surface area contributed by atoms with Crippen LogP contribution in [0.3, 0.4) is 0 Å². The monoisotopic (exact) mass is 450 g/mol. The van der Waals surface area contributed by atoms with E-state index >= 15 is 0 Å². The third kappa shape index (κ3) is 4.85. The highest BCUT2D eigenvalue weighted by Gasteiger charge is 2.36. The molecule has 2 aromatic carbocycles. The minimum atomic E-state index is -0.580. The first-order valence-electron chi connectivity index (χ1n) is 11.2. The lowest BCUT2D eigenvalue weighted by Gasteiger charge is -2.29. The van der Waals surface area contributed by atoms with Crippen LogP contribution in [0.4, 0.5) is 0 Å². The van der Waals surface area contributed by atoms with E-state index in [1.165, 1.54) is 11.6 Å². The summed E-state index contributed by atoms with van der Waals surface area (Å²) in [4.78, 5) is 39.2. The Morgan fingerprint density at radius 1 is 1.09 bits per heavy atom. The van der Waals surface area contributed by atoms with Crippen molar-refractivity contribution < 1.29 is 19.1 Å². The van der Waals surface area contributed by atoms with Gasteiger partial charge in [-0.3, -0.25) is 19.3 Å². The number of fused-ring (bicyclic) bond motifs is 1. The number of likely N-dealkylation sites (tertiary alicyclic amines) is 1. The standard InChI is InChI=1S/C25H30N4O4/c1-29-14-17(27-24(31)16-7-3-6-15(12-16)23(26)30)13-21(29)25(32)28-20-10-4-9-19-18(20)8-5-11-22(19)33-2/h3,5-8,11-12,17,20-21H,4,9-10,13-14H2,1-2H3,(H2,26,30)(H,27,31)(H,28,32). The first-order chi connectivity index (χ1) is 15.9. The van der Waals surface area contributed by atoms with Crippen LogP contribution in [0, 0.1) is 0 Å². The molecule has 1 heterocycles. The Morgan fingerprint density at radius 3 is 2.61 bits per heavy atom. The second-order valence-electron chi connectivity index (χ2n) is 8.79. The summed E-state index contributed by atoms with van der Waals surface area (Å²) < 4.78 is 5.50. The molecular formula is C25H30N4O4. The number of amides is 3. The third-order valence-corrected chi connectivity index (χ3v) is 6.60. The van der Waals surface area contributed by atoms with E-state index in [0.29, 0.717) is 18.5 Å². The van der Waals surface area contributed by atoms with Gasteiger partial charge in [-0.1, -0.05) is 18.2 Å². The van der Waals surface area contributed by atoms with Gasteiger partial charge in [-0.05, 0) is 68.1 Å². The van der Waals surface area contributed by atoms with Crippen molar-refractivity contribution in [1.82, 2.24) is 15.5 Å². The average molecular weight is 451 g/mol. The van der Waals surface area contributed by atoms with E-state index in [0.717, 1.165) is 30.6 Å². The number of nitrogens with zero attached hydrogens (tertiary/aromatic N) is 1. The molecule has 174 valence electrons. The van der Waals surface area contributed by atoms with Crippen molar-refractivity contribution >= 4 is 17.7 Å². The van der Waals surface area contributed by atoms with Gasteiger partial charge in [0.2, 0.25) is 11.8 Å². The van der Waals surface area contributed by atoms with Crippen LogP contribution in [-0.4, -0.2) is 55.4 Å². The molecule has 0 bridgehead atoms. The minimum Gasteiger partial charge on any atom is -0.496 e. The van der Waals surface area contributed by atoms with Crippen LogP contribution in [0.1, 0.15) is 57.1 Å². The highest BCUT2D eigenvalue weighted by atomic mass is 16.5. The quantitative estimate of drug-likeness (QED) is 0.621. The molecule has 1 aliphatic heterocycles. The number of likely N-dealkylation sites (N-methyl/N-ethyl adjacent to an activating group) is 1. The molecule has 1 fully saturated rings. The molecule has 2 aliphatic rings. The van der Waals surface area contributed by atoms with Gasteiger partial charge in [0.25, 0.3) is 5.91 Å². The van der Waals surface area contributed by atoms with Gasteiger partial charge >= 0.3 is 0 Å². The van der Waals surface area contributed by atoms with Gasteiger partial charge in [0, 0.05) is 23.7 Å². The summed E-state index contributed by atoms with van der Waals surface area (Å²) in [5, 5.41) is 6.21. The highest BCUT2D eigenvalue weighted by Crippen LogP contribution is 2.35. The topological polar surface area (TPSA) is 114 Å². The zero-order valence-electron chi connectivity index (χ0n) is 19.0. The number of benzene rings is 2. The first kappa shape index (κ1) is 22.8. The predicted octanol–water partition coefficient (Wildman–Crippen LogP) is 1.79. The maximum absolute atomic E-state index is 13.2. The Hall–Kier alpha value is -3.39. The highest BCUT2D eigenvalue weighted by molar-refractivity contribution is 5.99. The van der Waals surface area contributed by atoms with Gasteiger partial charge in [0.1, 0.15) is 5.75 Å². The summed E-state index contributed by atoms with van der Waals surface area (Å²) in [6.45, 7) is 0.564. The van der Waals surface area contributed by atoms with Crippen molar-refractivity contribution in [2.75, 3.05) is 20.7 Å². The van der Waals surface area contributed by atoms with Crippen molar-refractivity contribution in [1.29, 1.82) is 0 Å². The molecule has 0 spiro atoms. The lowest BCUT2D eigenvalue weighted by molar-refractivity contribution is -0.126. The number of methoxy groups -OCH3 is 1. The van der Waals surface area contributed by atoms with Crippen LogP contribution in [-0.2, 0) is 11.2 Å². The number of hydrogen-bond donors (Lipinski definition) is 3. The van der Waals surface area contributed by atoms with E-state index in [1.54, 1.807) is 25.3 Å². The molecule has 0 radical (unpaired) electrons. The molecule has 4 N–H and O–H groups in total. The van der Waals surface area contributed by atoms with Gasteiger partial charge in [-0.2, -0.15) is 0 Å². The van der Waals surface area contributed by atoms with Crippen LogP contribution in [0.25, 0.3) is 0 Å². The second kappa shape index (κ2) is 9.62. The fourth-order valence-electron chi connectivity index (χ4n) is 4.92. The van der Waals surface area contributed by atoms with Crippen LogP contribution in [0.15, 0.2) is 42.5 Å². The summed E-state index contributed by atoms with van der Waals surface area (Å²) >= 11 is 0. The van der Waals surface area contributed by atoms with E-state index < -0.39 is 5.91 Å². The average Bonchev–Trinajstić information content (AvgIpc) is 3.18. The summed E-state index contributed by atoms with van der Waals surface area (Å²) in [7, 11) is 3.56. The number of hydrogen-bond acceptors (Lipinski definition) is 5. The van der Waals surface area contributed by atoms with Crippen LogP contribution >= 0.6 is 0 Å². The van der Waals surface area contributed by atoms with Crippen LogP contribution < -0.4 is 21.1 Å². The summed E-state index contributed by atoms with van der Waals surface area (Å²) in [5.41, 5.74) is 8.25. The number of primary amides is 1. The fourth-order valence-corrected chi connectivity index (χ4v) is 4.92. The summed E-state index contributed by atoms with van der Waals surface area (Å²) in [6.07, 6.45) is 3.34. The normalized spacial score (nSPS) is 22.3. The molecule has 8 heteroatoms. The van der Waals surface area contributed by atoms with E-state index in [-0.39, 0.29) is 35.5 Å². The molecular weight excluding hydrogens is 420 g/mol. The summed E-state index contributed by atoms with van der Waals surface area (Å²) in [5.74, 6) is -0.0342. The molecule has 0 saturated carbocycles. The molecule has 1 aliphatic carbocycles. The van der Waals surface area contributed by atoms with Crippen molar-refractivity contribution in [3.05, 3.63) is 64.7 Å². The van der Waals surface area contributed by atoms with Gasteiger partial charge in [-0.25, -0.2) is 0 Å². The zero-order valence-corrected chi connectivity index (χ0v) is 19.0. The zero-order chi connectivity index (χ0) is 23.5. The minimum absolute atomic E-state index is 0.0364. The Bertz CT molecular complexity index is 1070. The van der Waals surface area contributed by atoms with Crippen molar-refractivity contribution in [2.24, 2.45) is 5.73 Å². The van der Waals surface area contributed by atoms with Gasteiger partial charge in [0.05, 0.1) is 19.2 Å². The molecule has 33 heavy (non-hydrogen) atoms. The third-order valence-electron chi connectivity index (χ3n) is 6.60. The molecule has 3 amide bonds. The molecule has 2 aromatic rings. The lowest BCUT2D eigenvalue weighted by atomic mass is 9.87. The van der Waals surface area contributed by atoms with E-state index in [9.17, 15) is 14.4 Å². The number of nitrogens with two attached hydrogens (primary N) is 1. The number of carbonyl (C=O) groups is 3. The second-order valence-corrected chi connectivity index (χ2v) is 8.79. The van der Waals surface area contributed by atoms with Crippen molar-refractivity contribution in [3.63, 3.8) is 0 Å².